The van der Waals surface area contributed by atoms with Gasteiger partial charge in [-0.05, 0) is 88.2 Å². The molecule has 3 aromatic carbocycles. The lowest BCUT2D eigenvalue weighted by molar-refractivity contribution is -0.118. The number of nitrogens with zero attached hydrogens (tertiary/aromatic N) is 2. The van der Waals surface area contributed by atoms with E-state index in [0.717, 1.165) is 11.1 Å². The zero-order valence-electron chi connectivity index (χ0n) is 26.2. The zero-order valence-corrected chi connectivity index (χ0v) is 27.0. The Morgan fingerprint density at radius 1 is 0.978 bits per heavy atom. The fraction of sp³-hybridized carbons (Fsp3) is 0.229. The van der Waals surface area contributed by atoms with Gasteiger partial charge in [0.25, 0.3) is 0 Å². The summed E-state index contributed by atoms with van der Waals surface area (Å²) < 4.78 is 41.8. The molecule has 2 heterocycles. The van der Waals surface area contributed by atoms with Crippen LogP contribution in [0.5, 0.6) is 11.5 Å². The van der Waals surface area contributed by atoms with E-state index < -0.39 is 40.4 Å². The highest BCUT2D eigenvalue weighted by molar-refractivity contribution is 7.83. The minimum absolute atomic E-state index is 0.0125. The molecule has 0 aliphatic carbocycles. The fourth-order valence-corrected chi connectivity index (χ4v) is 5.92. The van der Waals surface area contributed by atoms with Gasteiger partial charge in [-0.3, -0.25) is 4.79 Å². The molecule has 46 heavy (non-hydrogen) atoms. The molecule has 2 aromatic heterocycles. The van der Waals surface area contributed by atoms with Gasteiger partial charge in [0.15, 0.2) is 28.2 Å². The number of anilines is 1. The maximum Gasteiger partial charge on any atom is 0.408 e. The minimum Gasteiger partial charge on any atom is -0.453 e. The molecule has 5 rings (SSSR count). The van der Waals surface area contributed by atoms with Crippen LogP contribution in [0.2, 0.25) is 0 Å². The topological polar surface area (TPSA) is 112 Å². The van der Waals surface area contributed by atoms with Crippen molar-refractivity contribution in [3.63, 3.8) is 0 Å². The summed E-state index contributed by atoms with van der Waals surface area (Å²) in [7, 11) is -1.55. The van der Waals surface area contributed by atoms with Gasteiger partial charge in [-0.1, -0.05) is 42.0 Å². The van der Waals surface area contributed by atoms with Crippen LogP contribution >= 0.6 is 0 Å². The van der Waals surface area contributed by atoms with Crippen molar-refractivity contribution < 1.29 is 27.7 Å². The van der Waals surface area contributed by atoms with Gasteiger partial charge >= 0.3 is 6.09 Å². The van der Waals surface area contributed by atoms with E-state index in [9.17, 15) is 13.8 Å². The molecule has 5 aromatic rings. The third kappa shape index (κ3) is 7.78. The van der Waals surface area contributed by atoms with Gasteiger partial charge in [-0.2, -0.15) is 0 Å². The highest BCUT2D eigenvalue weighted by Gasteiger charge is 2.26. The van der Waals surface area contributed by atoms with Crippen molar-refractivity contribution in [1.29, 1.82) is 0 Å². The van der Waals surface area contributed by atoms with Crippen molar-refractivity contribution in [1.82, 2.24) is 14.3 Å². The van der Waals surface area contributed by atoms with Crippen LogP contribution in [0.25, 0.3) is 11.0 Å². The van der Waals surface area contributed by atoms with Gasteiger partial charge in [0.1, 0.15) is 17.4 Å². The number of para-hydroxylation sites is 1. The van der Waals surface area contributed by atoms with Crippen molar-refractivity contribution in [2.45, 2.75) is 57.6 Å². The van der Waals surface area contributed by atoms with Crippen molar-refractivity contribution in [2.24, 2.45) is 0 Å². The van der Waals surface area contributed by atoms with Crippen LogP contribution in [0, 0.1) is 19.7 Å². The van der Waals surface area contributed by atoms with Crippen LogP contribution in [0.4, 0.5) is 14.9 Å². The summed E-state index contributed by atoms with van der Waals surface area (Å²) in [4.78, 5) is 30.8. The number of hydrogen-bond acceptors (Lipinski definition) is 6. The van der Waals surface area contributed by atoms with E-state index >= 15 is 4.39 Å². The van der Waals surface area contributed by atoms with Crippen LogP contribution < -0.4 is 15.4 Å². The summed E-state index contributed by atoms with van der Waals surface area (Å²) in [5.74, 6) is -0.851. The summed E-state index contributed by atoms with van der Waals surface area (Å²) in [5, 5.41) is 5.99. The number of nitrogens with one attached hydrogen (secondary N) is 2. The first-order valence-electron chi connectivity index (χ1n) is 14.7. The first-order chi connectivity index (χ1) is 21.9. The predicted molar refractivity (Wildman–Crippen MR) is 176 cm³/mol. The monoisotopic (exact) mass is 642 g/mol. The quantitative estimate of drug-likeness (QED) is 0.176. The number of carbonyl (C=O) groups excluding carboxylic acids is 2. The van der Waals surface area contributed by atoms with Gasteiger partial charge in [-0.25, -0.2) is 22.4 Å². The molecule has 238 valence electrons. The highest BCUT2D eigenvalue weighted by Crippen LogP contribution is 2.34. The van der Waals surface area contributed by atoms with E-state index in [4.69, 9.17) is 9.47 Å². The molecule has 11 heteroatoms. The lowest BCUT2D eigenvalue weighted by Gasteiger charge is -2.23. The maximum absolute atomic E-state index is 15.5. The molecule has 2 atom stereocenters. The second kappa shape index (κ2) is 13.5. The molecule has 0 bridgehead atoms. The molecule has 0 fully saturated rings. The van der Waals surface area contributed by atoms with E-state index in [-0.39, 0.29) is 12.2 Å². The van der Waals surface area contributed by atoms with Gasteiger partial charge < -0.3 is 20.1 Å². The number of amides is 2. The van der Waals surface area contributed by atoms with Crippen molar-refractivity contribution in [3.05, 3.63) is 114 Å². The lowest BCUT2D eigenvalue weighted by atomic mass is 10.0. The largest absolute Gasteiger partial charge is 0.453 e. The van der Waals surface area contributed by atoms with Crippen LogP contribution in [-0.2, 0) is 26.9 Å². The normalized spacial score (nSPS) is 12.7. The number of ether oxygens (including phenoxy) is 2. The standard InChI is InChI=1S/C35H35FN4O5S/c1-22-11-14-26(15-12-22)46(43)40-21-23(2)31-30(17-18-37-32(31)40)44-29-16-13-24(19-27(29)36)20-28(39-34(42)45-35(3,4)5)33(41)38-25-9-7-6-8-10-25/h6-19,21,28H,20H2,1-5H3,(H,38,41)(H,39,42). The SMILES string of the molecule is Cc1ccc(S(=O)n2cc(C)c3c(Oc4ccc(CC(NC(=O)OC(C)(C)C)C(=O)Nc5ccccc5)cc4F)ccnc32)cc1. The third-order valence-electron chi connectivity index (χ3n) is 6.91. The molecule has 0 aliphatic heterocycles. The Morgan fingerprint density at radius 3 is 2.37 bits per heavy atom. The number of aryl methyl sites for hydroxylation is 2. The average Bonchev–Trinajstić information content (AvgIpc) is 3.34. The number of pyridine rings is 1. The van der Waals surface area contributed by atoms with Crippen molar-refractivity contribution in [3.8, 4) is 11.5 Å². The van der Waals surface area contributed by atoms with Gasteiger partial charge in [0.05, 0.1) is 10.3 Å². The molecule has 0 aliphatic rings. The fourth-order valence-electron chi connectivity index (χ4n) is 4.77. The van der Waals surface area contributed by atoms with E-state index in [1.807, 2.05) is 44.2 Å². The Morgan fingerprint density at radius 2 is 1.70 bits per heavy atom. The van der Waals surface area contributed by atoms with E-state index in [2.05, 4.69) is 15.6 Å². The molecular weight excluding hydrogens is 607 g/mol. The predicted octanol–water partition coefficient (Wildman–Crippen LogP) is 7.23. The molecule has 2 amide bonds. The summed E-state index contributed by atoms with van der Waals surface area (Å²) in [6.45, 7) is 8.96. The van der Waals surface area contributed by atoms with Crippen molar-refractivity contribution >= 4 is 39.7 Å². The van der Waals surface area contributed by atoms with Crippen molar-refractivity contribution in [2.75, 3.05) is 5.32 Å². The first-order valence-corrected chi connectivity index (χ1v) is 15.8. The lowest BCUT2D eigenvalue weighted by Crippen LogP contribution is -2.47. The Bertz CT molecular complexity index is 1900. The van der Waals surface area contributed by atoms with E-state index in [0.29, 0.717) is 32.9 Å². The number of benzene rings is 3. The number of hydrogen-bond donors (Lipinski definition) is 2. The van der Waals surface area contributed by atoms with Gasteiger partial charge in [0, 0.05) is 24.5 Å². The number of fused-ring (bicyclic) bond motifs is 1. The Labute approximate surface area is 269 Å². The van der Waals surface area contributed by atoms with Crippen LogP contribution in [0.15, 0.2) is 96.2 Å². The molecule has 9 nitrogen and oxygen atoms in total. The molecule has 2 N–H and O–H groups in total. The molecule has 2 unspecified atom stereocenters. The number of carbonyl (C=O) groups is 2. The number of aromatic nitrogens is 2. The van der Waals surface area contributed by atoms with E-state index in [1.54, 1.807) is 67.3 Å². The molecular formula is C35H35FN4O5S. The van der Waals surface area contributed by atoms with Crippen LogP contribution in [-0.4, -0.2) is 36.8 Å². The second-order valence-corrected chi connectivity index (χ2v) is 13.2. The first kappa shape index (κ1) is 32.4. The molecule has 0 radical (unpaired) electrons. The van der Waals surface area contributed by atoms with Crippen LogP contribution in [0.3, 0.4) is 0 Å². The second-order valence-electron chi connectivity index (χ2n) is 11.8. The number of halogens is 1. The van der Waals surface area contributed by atoms with Gasteiger partial charge in [0.2, 0.25) is 5.91 Å². The molecule has 0 saturated carbocycles. The third-order valence-corrected chi connectivity index (χ3v) is 8.22. The number of rotatable bonds is 9. The number of alkyl carbamates (subject to hydrolysis) is 1. The maximum atomic E-state index is 15.5. The summed E-state index contributed by atoms with van der Waals surface area (Å²) >= 11 is 0. The smallest absolute Gasteiger partial charge is 0.408 e. The van der Waals surface area contributed by atoms with Crippen LogP contribution in [0.1, 0.15) is 37.5 Å². The zero-order chi connectivity index (χ0) is 33.0. The minimum atomic E-state index is -1.55. The Hall–Kier alpha value is -5.03. The van der Waals surface area contributed by atoms with E-state index in [1.165, 1.54) is 18.3 Å². The highest BCUT2D eigenvalue weighted by atomic mass is 32.2. The summed E-state index contributed by atoms with van der Waals surface area (Å²) in [6, 6.07) is 21.1. The Kier molecular flexibility index (Phi) is 9.52. The summed E-state index contributed by atoms with van der Waals surface area (Å²) in [6.07, 6.45) is 2.47. The summed E-state index contributed by atoms with van der Waals surface area (Å²) in [5.41, 5.74) is 2.48. The van der Waals surface area contributed by atoms with Gasteiger partial charge in [-0.15, -0.1) is 0 Å². The molecule has 0 spiro atoms. The Balaban J connectivity index is 1.37. The molecule has 0 saturated heterocycles. The average molecular weight is 643 g/mol.